The third-order valence-corrected chi connectivity index (χ3v) is 4.85. The number of carbonyl (C=O) groups is 1. The van der Waals surface area contributed by atoms with Gasteiger partial charge in [-0.05, 0) is 29.0 Å². The lowest BCUT2D eigenvalue weighted by Gasteiger charge is -2.26. The normalized spacial score (nSPS) is 15.2. The van der Waals surface area contributed by atoms with Gasteiger partial charge in [-0.25, -0.2) is 4.98 Å². The van der Waals surface area contributed by atoms with E-state index >= 15 is 0 Å². The van der Waals surface area contributed by atoms with Crippen LogP contribution in [0.4, 0.5) is 0 Å². The summed E-state index contributed by atoms with van der Waals surface area (Å²) in [5.74, 6) is 1.52. The monoisotopic (exact) mass is 386 g/mol. The van der Waals surface area contributed by atoms with Gasteiger partial charge in [0.2, 0.25) is 0 Å². The molecule has 6 heteroatoms. The molecular weight excluding hydrogens is 368 g/mol. The molecule has 0 radical (unpaired) electrons. The van der Waals surface area contributed by atoms with E-state index in [-0.39, 0.29) is 17.7 Å². The van der Waals surface area contributed by atoms with Crippen molar-refractivity contribution in [1.29, 1.82) is 0 Å². The second-order valence-corrected chi connectivity index (χ2v) is 6.80. The number of carbonyl (C=O) groups excluding carboxylic acids is 1. The second kappa shape index (κ2) is 7.31. The van der Waals surface area contributed by atoms with Gasteiger partial charge in [-0.3, -0.25) is 4.79 Å². The predicted octanol–water partition coefficient (Wildman–Crippen LogP) is 4.06. The van der Waals surface area contributed by atoms with Crippen molar-refractivity contribution in [2.24, 2.45) is 0 Å². The Morgan fingerprint density at radius 1 is 1.00 bits per heavy atom. The van der Waals surface area contributed by atoms with Gasteiger partial charge in [-0.2, -0.15) is 0 Å². The van der Waals surface area contributed by atoms with Crippen LogP contribution in [0.25, 0.3) is 22.1 Å². The zero-order valence-corrected chi connectivity index (χ0v) is 15.5. The first-order chi connectivity index (χ1) is 14.3. The number of aromatic nitrogens is 1. The third-order valence-electron chi connectivity index (χ3n) is 4.85. The molecule has 2 heterocycles. The maximum atomic E-state index is 12.7. The Kier molecular flexibility index (Phi) is 4.37. The van der Waals surface area contributed by atoms with Gasteiger partial charge >= 0.3 is 0 Å². The summed E-state index contributed by atoms with van der Waals surface area (Å²) < 4.78 is 17.1. The van der Waals surface area contributed by atoms with E-state index in [1.807, 2.05) is 66.7 Å². The molecule has 0 bridgehead atoms. The largest absolute Gasteiger partial charge is 0.486 e. The zero-order chi connectivity index (χ0) is 19.6. The molecule has 0 spiro atoms. The lowest BCUT2D eigenvalue weighted by molar-refractivity contribution is 0.0787. The smallest absolute Gasteiger partial charge is 0.274 e. The van der Waals surface area contributed by atoms with Gasteiger partial charge in [-0.15, -0.1) is 0 Å². The van der Waals surface area contributed by atoms with E-state index in [1.165, 1.54) is 6.39 Å². The predicted molar refractivity (Wildman–Crippen MR) is 108 cm³/mol. The first-order valence-corrected chi connectivity index (χ1v) is 9.37. The average molecular weight is 386 g/mol. The molecular formula is C23H18N2O4. The number of para-hydroxylation sites is 2. The van der Waals surface area contributed by atoms with Crippen molar-refractivity contribution in [3.05, 3.63) is 78.8 Å². The Morgan fingerprint density at radius 3 is 2.69 bits per heavy atom. The highest BCUT2D eigenvalue weighted by molar-refractivity contribution is 5.98. The van der Waals surface area contributed by atoms with Gasteiger partial charge in [0.15, 0.2) is 29.3 Å². The Balaban J connectivity index is 1.31. The minimum absolute atomic E-state index is 0.248. The molecule has 4 aromatic rings. The van der Waals surface area contributed by atoms with Crippen LogP contribution in [0, 0.1) is 0 Å². The van der Waals surface area contributed by atoms with Crippen molar-refractivity contribution in [3.8, 4) is 22.8 Å². The summed E-state index contributed by atoms with van der Waals surface area (Å²) in [6.07, 6.45) is 1.01. The van der Waals surface area contributed by atoms with E-state index in [4.69, 9.17) is 13.9 Å². The van der Waals surface area contributed by atoms with E-state index < -0.39 is 0 Å². The number of benzene rings is 3. The minimum Gasteiger partial charge on any atom is -0.486 e. The van der Waals surface area contributed by atoms with Gasteiger partial charge in [0, 0.05) is 5.56 Å². The van der Waals surface area contributed by atoms with Crippen LogP contribution in [0.2, 0.25) is 0 Å². The topological polar surface area (TPSA) is 73.6 Å². The maximum Gasteiger partial charge on any atom is 0.274 e. The Bertz CT molecular complexity index is 1180. The first-order valence-electron chi connectivity index (χ1n) is 9.37. The molecule has 3 aromatic carbocycles. The minimum atomic E-state index is -0.315. The van der Waals surface area contributed by atoms with Crippen molar-refractivity contribution in [2.45, 2.75) is 6.10 Å². The van der Waals surface area contributed by atoms with Gasteiger partial charge in [0.25, 0.3) is 5.91 Å². The van der Waals surface area contributed by atoms with Gasteiger partial charge in [-0.1, -0.05) is 48.5 Å². The molecule has 0 saturated carbocycles. The van der Waals surface area contributed by atoms with Crippen LogP contribution < -0.4 is 14.8 Å². The summed E-state index contributed by atoms with van der Waals surface area (Å²) in [5, 5.41) is 5.06. The Hall–Kier alpha value is -3.80. The van der Waals surface area contributed by atoms with Crippen molar-refractivity contribution < 1.29 is 18.7 Å². The van der Waals surface area contributed by atoms with Gasteiger partial charge < -0.3 is 19.2 Å². The van der Waals surface area contributed by atoms with E-state index in [2.05, 4.69) is 10.3 Å². The van der Waals surface area contributed by atoms with Gasteiger partial charge in [0.05, 0.1) is 6.54 Å². The fourth-order valence-electron chi connectivity index (χ4n) is 3.40. The Morgan fingerprint density at radius 2 is 1.79 bits per heavy atom. The highest BCUT2D eigenvalue weighted by atomic mass is 16.6. The Labute approximate surface area is 167 Å². The van der Waals surface area contributed by atoms with Crippen molar-refractivity contribution in [2.75, 3.05) is 13.2 Å². The number of hydrogen-bond acceptors (Lipinski definition) is 5. The fourth-order valence-corrected chi connectivity index (χ4v) is 3.40. The van der Waals surface area contributed by atoms with Crippen LogP contribution in [0.3, 0.4) is 0 Å². The average Bonchev–Trinajstić information content (AvgIpc) is 3.27. The molecule has 144 valence electrons. The summed E-state index contributed by atoms with van der Waals surface area (Å²) in [4.78, 5) is 16.8. The number of nitrogens with one attached hydrogen (secondary N) is 1. The summed E-state index contributed by atoms with van der Waals surface area (Å²) in [7, 11) is 0. The van der Waals surface area contributed by atoms with E-state index in [0.29, 0.717) is 30.4 Å². The number of hydrogen-bond donors (Lipinski definition) is 1. The summed E-state index contributed by atoms with van der Waals surface area (Å²) in [5.41, 5.74) is 1.05. The molecule has 0 fully saturated rings. The molecule has 5 rings (SSSR count). The van der Waals surface area contributed by atoms with Crippen molar-refractivity contribution in [3.63, 3.8) is 0 Å². The van der Waals surface area contributed by atoms with E-state index in [1.54, 1.807) is 0 Å². The molecule has 1 aliphatic rings. The van der Waals surface area contributed by atoms with Crippen LogP contribution in [-0.4, -0.2) is 30.1 Å². The fraction of sp³-hybridized carbons (Fsp3) is 0.130. The number of fused-ring (bicyclic) bond motifs is 2. The lowest BCUT2D eigenvalue weighted by atomic mass is 10.0. The van der Waals surface area contributed by atoms with Crippen LogP contribution in [0.15, 0.2) is 77.5 Å². The number of rotatable bonds is 4. The van der Waals surface area contributed by atoms with E-state index in [0.717, 1.165) is 16.3 Å². The number of amides is 1. The summed E-state index contributed by atoms with van der Waals surface area (Å²) in [6.45, 7) is 0.671. The number of oxazole rings is 1. The molecule has 0 aliphatic carbocycles. The molecule has 1 aromatic heterocycles. The van der Waals surface area contributed by atoms with Crippen LogP contribution >= 0.6 is 0 Å². The zero-order valence-electron chi connectivity index (χ0n) is 15.5. The lowest BCUT2D eigenvalue weighted by Crippen LogP contribution is -2.40. The van der Waals surface area contributed by atoms with Crippen molar-refractivity contribution >= 4 is 16.7 Å². The molecule has 1 atom stereocenters. The first kappa shape index (κ1) is 17.3. The van der Waals surface area contributed by atoms with Crippen molar-refractivity contribution in [1.82, 2.24) is 10.3 Å². The summed E-state index contributed by atoms with van der Waals surface area (Å²) >= 11 is 0. The maximum absolute atomic E-state index is 12.7. The number of nitrogens with zero attached hydrogens (tertiary/aromatic N) is 1. The van der Waals surface area contributed by atoms with E-state index in [9.17, 15) is 4.79 Å². The standard InChI is InChI=1S/C23H18N2O4/c26-23(24-12-18-13-27-19-7-3-4-8-20(19)29-18)21-22(28-14-25-21)17-10-9-15-5-1-2-6-16(15)11-17/h1-11,14,18H,12-13H2,(H,24,26)/t18-/m0/s1. The molecule has 0 unspecified atom stereocenters. The molecule has 0 saturated heterocycles. The highest BCUT2D eigenvalue weighted by Gasteiger charge is 2.23. The molecule has 29 heavy (non-hydrogen) atoms. The van der Waals surface area contributed by atoms with Crippen LogP contribution in [0.1, 0.15) is 10.5 Å². The molecule has 6 nitrogen and oxygen atoms in total. The third kappa shape index (κ3) is 3.40. The molecule has 1 aliphatic heterocycles. The molecule has 1 N–H and O–H groups in total. The second-order valence-electron chi connectivity index (χ2n) is 6.80. The van der Waals surface area contributed by atoms with Crippen LogP contribution in [0.5, 0.6) is 11.5 Å². The summed E-state index contributed by atoms with van der Waals surface area (Å²) in [6, 6.07) is 21.4. The number of ether oxygens (including phenoxy) is 2. The SMILES string of the molecule is O=C(NC[C@H]1COc2ccccc2O1)c1ncoc1-c1ccc2ccccc2c1. The highest BCUT2D eigenvalue weighted by Crippen LogP contribution is 2.31. The van der Waals surface area contributed by atoms with Crippen LogP contribution in [-0.2, 0) is 0 Å². The quantitative estimate of drug-likeness (QED) is 0.572. The molecule has 1 amide bonds. The van der Waals surface area contributed by atoms with Gasteiger partial charge in [0.1, 0.15) is 12.7 Å².